The molecule has 0 unspecified atom stereocenters. The lowest BCUT2D eigenvalue weighted by Gasteiger charge is -2.38. The third-order valence-electron chi connectivity index (χ3n) is 7.64. The molecule has 2 heterocycles. The maximum Gasteiger partial charge on any atom is 0.240 e. The number of hydroxylamine groups is 2. The average Bonchev–Trinajstić information content (AvgIpc) is 3.23. The normalized spacial score (nSPS) is 31.4. The fourth-order valence-corrected chi connectivity index (χ4v) is 6.24. The molecule has 38 heavy (non-hydrogen) atoms. The van der Waals surface area contributed by atoms with E-state index in [0.717, 1.165) is 5.06 Å². The summed E-state index contributed by atoms with van der Waals surface area (Å²) in [5.74, 6) is -1.72. The second-order valence-electron chi connectivity index (χ2n) is 11.6. The summed E-state index contributed by atoms with van der Waals surface area (Å²) in [4.78, 5) is 27.8. The van der Waals surface area contributed by atoms with Gasteiger partial charge >= 0.3 is 0 Å². The van der Waals surface area contributed by atoms with Crippen molar-refractivity contribution in [1.82, 2.24) is 10.4 Å². The Labute approximate surface area is 232 Å². The van der Waals surface area contributed by atoms with Gasteiger partial charge in [-0.05, 0) is 54.0 Å². The first-order valence-corrected chi connectivity index (χ1v) is 13.4. The van der Waals surface area contributed by atoms with Crippen molar-refractivity contribution in [3.8, 4) is 0 Å². The number of nitrogens with one attached hydrogen (secondary N) is 2. The highest BCUT2D eigenvalue weighted by Gasteiger charge is 2.69. The standard InChI is InChI=1S/C28H34Cl2FN3O4/c1-15(6-5-7-17(30)14-31)23-24(25(36)32-18-11-19(35)12-18)34(38)22(13-27(2,3)4)28(23)20-9-8-16(29)10-21(20)33-26(28)37/h5-10,18-19,22-24,35,38H,1,11-14H2,2-4H3,(H,32,36)(H,33,37)/b6-5-,17-7+/t18?,19?,22-,23+,24-,28+/m1/s1. The number of anilines is 1. The lowest BCUT2D eigenvalue weighted by atomic mass is 9.62. The molecule has 1 saturated heterocycles. The van der Waals surface area contributed by atoms with Crippen LogP contribution in [0.1, 0.15) is 45.6 Å². The molecule has 0 bridgehead atoms. The van der Waals surface area contributed by atoms with Gasteiger partial charge < -0.3 is 20.9 Å². The summed E-state index contributed by atoms with van der Waals surface area (Å²) in [5.41, 5.74) is -0.173. The van der Waals surface area contributed by atoms with Crippen LogP contribution in [0, 0.1) is 11.3 Å². The molecule has 206 valence electrons. The van der Waals surface area contributed by atoms with Crippen LogP contribution in [0.5, 0.6) is 0 Å². The number of aliphatic hydroxyl groups excluding tert-OH is 1. The molecule has 1 aromatic carbocycles. The van der Waals surface area contributed by atoms with Crippen molar-refractivity contribution >= 4 is 40.7 Å². The van der Waals surface area contributed by atoms with E-state index in [1.165, 1.54) is 12.2 Å². The van der Waals surface area contributed by atoms with E-state index in [-0.39, 0.29) is 22.4 Å². The van der Waals surface area contributed by atoms with Crippen LogP contribution >= 0.6 is 23.2 Å². The number of rotatable bonds is 7. The molecule has 0 aromatic heterocycles. The number of nitrogens with zero attached hydrogens (tertiary/aromatic N) is 1. The summed E-state index contributed by atoms with van der Waals surface area (Å²) in [7, 11) is 0. The second-order valence-corrected chi connectivity index (χ2v) is 12.5. The minimum Gasteiger partial charge on any atom is -0.393 e. The summed E-state index contributed by atoms with van der Waals surface area (Å²) in [5, 5.41) is 28.7. The maximum absolute atomic E-state index is 14.0. The number of amides is 2. The van der Waals surface area contributed by atoms with Gasteiger partial charge in [0.05, 0.1) is 12.1 Å². The van der Waals surface area contributed by atoms with Crippen molar-refractivity contribution in [1.29, 1.82) is 0 Å². The predicted molar refractivity (Wildman–Crippen MR) is 146 cm³/mol. The van der Waals surface area contributed by atoms with E-state index < -0.39 is 42.1 Å². The Kier molecular flexibility index (Phi) is 8.13. The van der Waals surface area contributed by atoms with Gasteiger partial charge in [0.1, 0.15) is 18.1 Å². The van der Waals surface area contributed by atoms with Crippen LogP contribution in [0.15, 0.2) is 53.6 Å². The third kappa shape index (κ3) is 5.17. The third-order valence-corrected chi connectivity index (χ3v) is 8.10. The quantitative estimate of drug-likeness (QED) is 0.353. The Morgan fingerprint density at radius 1 is 1.37 bits per heavy atom. The fraction of sp³-hybridized carbons (Fsp3) is 0.500. The summed E-state index contributed by atoms with van der Waals surface area (Å²) in [6.07, 6.45) is 5.22. The van der Waals surface area contributed by atoms with Gasteiger partial charge in [-0.3, -0.25) is 9.59 Å². The SMILES string of the molecule is C=C(/C=C\C=C(\Cl)CF)[C@H]1[C@H](C(=O)NC2CC(O)C2)N(O)[C@H](CC(C)(C)C)[C@]12C(=O)Nc1cc(Cl)ccc12. The highest BCUT2D eigenvalue weighted by Crippen LogP contribution is 2.58. The van der Waals surface area contributed by atoms with E-state index in [0.29, 0.717) is 41.1 Å². The molecule has 2 fully saturated rings. The van der Waals surface area contributed by atoms with Gasteiger partial charge in [-0.15, -0.1) is 0 Å². The number of hydrogen-bond donors (Lipinski definition) is 4. The first kappa shape index (κ1) is 28.8. The molecule has 4 rings (SSSR count). The molecular formula is C28H34Cl2FN3O4. The van der Waals surface area contributed by atoms with Gasteiger partial charge in [-0.2, -0.15) is 5.06 Å². The van der Waals surface area contributed by atoms with Gasteiger partial charge in [0, 0.05) is 27.7 Å². The van der Waals surface area contributed by atoms with Crippen molar-refractivity contribution in [3.05, 3.63) is 64.2 Å². The Morgan fingerprint density at radius 3 is 2.66 bits per heavy atom. The molecule has 1 aromatic rings. The van der Waals surface area contributed by atoms with Gasteiger partial charge in [0.15, 0.2) is 0 Å². The molecule has 4 N–H and O–H groups in total. The lowest BCUT2D eigenvalue weighted by Crippen LogP contribution is -2.54. The van der Waals surface area contributed by atoms with Crippen molar-refractivity contribution < 1.29 is 24.3 Å². The van der Waals surface area contributed by atoms with Crippen molar-refractivity contribution in [2.45, 2.75) is 69.7 Å². The molecule has 2 amide bonds. The molecule has 3 aliphatic rings. The number of carbonyl (C=O) groups is 2. The summed E-state index contributed by atoms with van der Waals surface area (Å²) in [6.45, 7) is 9.38. The van der Waals surface area contributed by atoms with Crippen molar-refractivity contribution in [2.75, 3.05) is 12.0 Å². The zero-order valence-corrected chi connectivity index (χ0v) is 23.2. The number of hydrogen-bond acceptors (Lipinski definition) is 5. The molecular weight excluding hydrogens is 532 g/mol. The van der Waals surface area contributed by atoms with Gasteiger partial charge in [-0.25, -0.2) is 4.39 Å². The number of fused-ring (bicyclic) bond motifs is 2. The van der Waals surface area contributed by atoms with Gasteiger partial charge in [0.2, 0.25) is 11.8 Å². The number of aliphatic hydroxyl groups is 1. The largest absolute Gasteiger partial charge is 0.393 e. The minimum absolute atomic E-state index is 0.0130. The summed E-state index contributed by atoms with van der Waals surface area (Å²) in [6, 6.07) is 2.91. The van der Waals surface area contributed by atoms with E-state index in [1.807, 2.05) is 20.8 Å². The van der Waals surface area contributed by atoms with Crippen LogP contribution in [0.4, 0.5) is 10.1 Å². The Morgan fingerprint density at radius 2 is 2.05 bits per heavy atom. The van der Waals surface area contributed by atoms with Crippen LogP contribution < -0.4 is 10.6 Å². The van der Waals surface area contributed by atoms with Crippen LogP contribution in [0.25, 0.3) is 0 Å². The lowest BCUT2D eigenvalue weighted by molar-refractivity contribution is -0.166. The smallest absolute Gasteiger partial charge is 0.240 e. The van der Waals surface area contributed by atoms with E-state index in [9.17, 15) is 24.3 Å². The maximum atomic E-state index is 14.0. The average molecular weight is 567 g/mol. The number of halogens is 3. The first-order chi connectivity index (χ1) is 17.8. The molecule has 7 nitrogen and oxygen atoms in total. The second kappa shape index (κ2) is 10.7. The monoisotopic (exact) mass is 565 g/mol. The van der Waals surface area contributed by atoms with Crippen LogP contribution in [0.3, 0.4) is 0 Å². The zero-order valence-electron chi connectivity index (χ0n) is 21.7. The molecule has 1 saturated carbocycles. The molecule has 4 atom stereocenters. The molecule has 2 aliphatic heterocycles. The number of allylic oxidation sites excluding steroid dienone is 4. The number of benzene rings is 1. The van der Waals surface area contributed by atoms with E-state index in [1.54, 1.807) is 24.3 Å². The van der Waals surface area contributed by atoms with E-state index in [4.69, 9.17) is 23.2 Å². The van der Waals surface area contributed by atoms with Crippen LogP contribution in [-0.2, 0) is 15.0 Å². The van der Waals surface area contributed by atoms with Crippen molar-refractivity contribution in [3.63, 3.8) is 0 Å². The summed E-state index contributed by atoms with van der Waals surface area (Å²) < 4.78 is 12.9. The van der Waals surface area contributed by atoms with Crippen LogP contribution in [-0.4, -0.2) is 58.1 Å². The topological polar surface area (TPSA) is 102 Å². The molecule has 0 radical (unpaired) electrons. The molecule has 10 heteroatoms. The highest BCUT2D eigenvalue weighted by molar-refractivity contribution is 6.31. The Hall–Kier alpha value is -2.23. The highest BCUT2D eigenvalue weighted by atomic mass is 35.5. The number of alkyl halides is 1. The first-order valence-electron chi connectivity index (χ1n) is 12.6. The molecule has 1 aliphatic carbocycles. The predicted octanol–water partition coefficient (Wildman–Crippen LogP) is 4.87. The summed E-state index contributed by atoms with van der Waals surface area (Å²) >= 11 is 12.1. The van der Waals surface area contributed by atoms with E-state index in [2.05, 4.69) is 17.2 Å². The van der Waals surface area contributed by atoms with Crippen LogP contribution in [0.2, 0.25) is 5.02 Å². The van der Waals surface area contributed by atoms with E-state index >= 15 is 0 Å². The minimum atomic E-state index is -1.38. The van der Waals surface area contributed by atoms with Gasteiger partial charge in [0.25, 0.3) is 0 Å². The Balaban J connectivity index is 1.88. The van der Waals surface area contributed by atoms with Gasteiger partial charge in [-0.1, -0.05) is 68.8 Å². The Bertz CT molecular complexity index is 1190. The molecule has 1 spiro atoms. The zero-order chi connectivity index (χ0) is 28.0. The number of carbonyl (C=O) groups excluding carboxylic acids is 2. The van der Waals surface area contributed by atoms with Crippen molar-refractivity contribution in [2.24, 2.45) is 11.3 Å². The fourth-order valence-electron chi connectivity index (χ4n) is 6.00.